The number of methoxy groups -OCH3 is 1. The lowest BCUT2D eigenvalue weighted by Gasteiger charge is -1.96. The summed E-state index contributed by atoms with van der Waals surface area (Å²) >= 11 is 1.57. The highest BCUT2D eigenvalue weighted by molar-refractivity contribution is 7.20. The highest BCUT2D eigenvalue weighted by atomic mass is 32.1. The van der Waals surface area contributed by atoms with E-state index >= 15 is 0 Å². The molecule has 0 fully saturated rings. The van der Waals surface area contributed by atoms with Crippen molar-refractivity contribution < 1.29 is 9.53 Å². The van der Waals surface area contributed by atoms with E-state index < -0.39 is 0 Å². The van der Waals surface area contributed by atoms with Crippen molar-refractivity contribution >= 4 is 27.2 Å². The van der Waals surface area contributed by atoms with Crippen LogP contribution in [0.15, 0.2) is 30.3 Å². The first kappa shape index (κ1) is 11.3. The fourth-order valence-corrected chi connectivity index (χ4v) is 2.65. The lowest BCUT2D eigenvalue weighted by Crippen LogP contribution is -1.98. The van der Waals surface area contributed by atoms with Gasteiger partial charge in [0.05, 0.1) is 4.88 Å². The van der Waals surface area contributed by atoms with Crippen LogP contribution in [0.1, 0.15) is 22.5 Å². The summed E-state index contributed by atoms with van der Waals surface area (Å²) in [6.45, 7) is 0.649. The van der Waals surface area contributed by atoms with E-state index in [1.165, 1.54) is 4.70 Å². The van der Waals surface area contributed by atoms with Crippen molar-refractivity contribution in [1.82, 2.24) is 0 Å². The fourth-order valence-electron chi connectivity index (χ4n) is 1.62. The van der Waals surface area contributed by atoms with Crippen LogP contribution < -0.4 is 0 Å². The van der Waals surface area contributed by atoms with Crippen LogP contribution in [-0.4, -0.2) is 19.5 Å². The summed E-state index contributed by atoms with van der Waals surface area (Å²) in [5.41, 5.74) is 0. The predicted octanol–water partition coefficient (Wildman–Crippen LogP) is 3.51. The molecule has 0 bridgehead atoms. The van der Waals surface area contributed by atoms with Gasteiger partial charge >= 0.3 is 0 Å². The molecule has 0 aliphatic carbocycles. The molecule has 3 heteroatoms. The SMILES string of the molecule is COCCCC(=O)c1cc2ccccc2s1. The summed E-state index contributed by atoms with van der Waals surface area (Å²) in [6, 6.07) is 10.1. The number of carbonyl (C=O) groups is 1. The van der Waals surface area contributed by atoms with Crippen molar-refractivity contribution in [2.75, 3.05) is 13.7 Å². The molecule has 0 saturated carbocycles. The quantitative estimate of drug-likeness (QED) is 0.584. The Labute approximate surface area is 98.9 Å². The van der Waals surface area contributed by atoms with Gasteiger partial charge in [0.15, 0.2) is 5.78 Å². The molecule has 2 aromatic rings. The Morgan fingerprint density at radius 3 is 2.94 bits per heavy atom. The standard InChI is InChI=1S/C13H14O2S/c1-15-8-4-6-11(14)13-9-10-5-2-3-7-12(10)16-13/h2-3,5,7,9H,4,6,8H2,1H3. The fraction of sp³-hybridized carbons (Fsp3) is 0.308. The predicted molar refractivity (Wildman–Crippen MR) is 67.3 cm³/mol. The van der Waals surface area contributed by atoms with Crippen LogP contribution in [0.2, 0.25) is 0 Å². The number of ketones is 1. The van der Waals surface area contributed by atoms with Crippen LogP contribution in [0.3, 0.4) is 0 Å². The van der Waals surface area contributed by atoms with Crippen LogP contribution in [0, 0.1) is 0 Å². The van der Waals surface area contributed by atoms with Gasteiger partial charge < -0.3 is 4.74 Å². The molecule has 84 valence electrons. The molecule has 0 spiro atoms. The molecule has 0 aliphatic rings. The minimum absolute atomic E-state index is 0.221. The third-order valence-corrected chi connectivity index (χ3v) is 3.61. The molecule has 0 atom stereocenters. The third-order valence-electron chi connectivity index (χ3n) is 2.45. The number of carbonyl (C=O) groups excluding carboxylic acids is 1. The number of fused-ring (bicyclic) bond motifs is 1. The number of thiophene rings is 1. The minimum Gasteiger partial charge on any atom is -0.385 e. The van der Waals surface area contributed by atoms with Gasteiger partial charge in [0.25, 0.3) is 0 Å². The monoisotopic (exact) mass is 234 g/mol. The van der Waals surface area contributed by atoms with Crippen LogP contribution in [0.25, 0.3) is 10.1 Å². The van der Waals surface area contributed by atoms with Crippen molar-refractivity contribution in [2.24, 2.45) is 0 Å². The van der Waals surface area contributed by atoms with Crippen molar-refractivity contribution in [2.45, 2.75) is 12.8 Å². The lowest BCUT2D eigenvalue weighted by atomic mass is 10.2. The second kappa shape index (κ2) is 5.23. The van der Waals surface area contributed by atoms with E-state index in [1.54, 1.807) is 18.4 Å². The van der Waals surface area contributed by atoms with Crippen LogP contribution >= 0.6 is 11.3 Å². The summed E-state index contributed by atoms with van der Waals surface area (Å²) < 4.78 is 6.12. The van der Waals surface area contributed by atoms with Gasteiger partial charge in [-0.05, 0) is 23.9 Å². The highest BCUT2D eigenvalue weighted by Gasteiger charge is 2.09. The Morgan fingerprint density at radius 1 is 1.38 bits per heavy atom. The Hall–Kier alpha value is -1.19. The zero-order valence-corrected chi connectivity index (χ0v) is 10.0. The molecule has 0 radical (unpaired) electrons. The van der Waals surface area contributed by atoms with Gasteiger partial charge in [-0.2, -0.15) is 0 Å². The number of hydrogen-bond acceptors (Lipinski definition) is 3. The number of Topliss-reactive ketones (excluding diaryl/α,β-unsaturated/α-hetero) is 1. The normalized spacial score (nSPS) is 10.8. The van der Waals surface area contributed by atoms with Crippen molar-refractivity contribution in [3.05, 3.63) is 35.2 Å². The average Bonchev–Trinajstić information content (AvgIpc) is 2.73. The molecule has 2 rings (SSSR count). The molecule has 1 aromatic carbocycles. The first-order valence-electron chi connectivity index (χ1n) is 5.32. The van der Waals surface area contributed by atoms with Crippen LogP contribution in [0.5, 0.6) is 0 Å². The number of ether oxygens (including phenoxy) is 1. The molecule has 0 aliphatic heterocycles. The molecule has 0 amide bonds. The summed E-state index contributed by atoms with van der Waals surface area (Å²) in [7, 11) is 1.66. The number of rotatable bonds is 5. The summed E-state index contributed by atoms with van der Waals surface area (Å²) in [6.07, 6.45) is 1.37. The Kier molecular flexibility index (Phi) is 3.70. The molecular formula is C13H14O2S. The van der Waals surface area contributed by atoms with Crippen molar-refractivity contribution in [3.63, 3.8) is 0 Å². The Balaban J connectivity index is 2.11. The van der Waals surface area contributed by atoms with Gasteiger partial charge in [0, 0.05) is 24.8 Å². The average molecular weight is 234 g/mol. The van der Waals surface area contributed by atoms with E-state index in [2.05, 4.69) is 0 Å². The summed E-state index contributed by atoms with van der Waals surface area (Å²) in [4.78, 5) is 12.7. The van der Waals surface area contributed by atoms with Gasteiger partial charge in [-0.15, -0.1) is 11.3 Å². The number of hydrogen-bond donors (Lipinski definition) is 0. The van der Waals surface area contributed by atoms with Crippen molar-refractivity contribution in [1.29, 1.82) is 0 Å². The van der Waals surface area contributed by atoms with E-state index in [9.17, 15) is 4.79 Å². The molecule has 0 N–H and O–H groups in total. The van der Waals surface area contributed by atoms with Crippen molar-refractivity contribution in [3.8, 4) is 0 Å². The number of benzene rings is 1. The second-order valence-corrected chi connectivity index (χ2v) is 4.75. The van der Waals surface area contributed by atoms with Gasteiger partial charge in [0.1, 0.15) is 0 Å². The largest absolute Gasteiger partial charge is 0.385 e. The molecular weight excluding hydrogens is 220 g/mol. The highest BCUT2D eigenvalue weighted by Crippen LogP contribution is 2.26. The van der Waals surface area contributed by atoms with Gasteiger partial charge in [0.2, 0.25) is 0 Å². The van der Waals surface area contributed by atoms with E-state index in [4.69, 9.17) is 4.74 Å². The Bertz CT molecular complexity index is 454. The van der Waals surface area contributed by atoms with E-state index in [0.29, 0.717) is 13.0 Å². The second-order valence-electron chi connectivity index (χ2n) is 3.67. The van der Waals surface area contributed by atoms with E-state index in [0.717, 1.165) is 16.7 Å². The summed E-state index contributed by atoms with van der Waals surface area (Å²) in [5, 5.41) is 1.16. The third kappa shape index (κ3) is 2.49. The van der Waals surface area contributed by atoms with Crippen LogP contribution in [-0.2, 0) is 4.74 Å². The first-order chi connectivity index (χ1) is 7.81. The smallest absolute Gasteiger partial charge is 0.172 e. The topological polar surface area (TPSA) is 26.3 Å². The van der Waals surface area contributed by atoms with Gasteiger partial charge in [-0.3, -0.25) is 4.79 Å². The minimum atomic E-state index is 0.221. The molecule has 0 saturated heterocycles. The molecule has 1 aromatic heterocycles. The van der Waals surface area contributed by atoms with Gasteiger partial charge in [-0.1, -0.05) is 18.2 Å². The molecule has 1 heterocycles. The first-order valence-corrected chi connectivity index (χ1v) is 6.13. The maximum atomic E-state index is 11.8. The summed E-state index contributed by atoms with van der Waals surface area (Å²) in [5.74, 6) is 0.221. The molecule has 16 heavy (non-hydrogen) atoms. The Morgan fingerprint density at radius 2 is 2.19 bits per heavy atom. The van der Waals surface area contributed by atoms with E-state index in [1.807, 2.05) is 30.3 Å². The maximum Gasteiger partial charge on any atom is 0.172 e. The zero-order valence-electron chi connectivity index (χ0n) is 9.23. The van der Waals surface area contributed by atoms with Crippen LogP contribution in [0.4, 0.5) is 0 Å². The lowest BCUT2D eigenvalue weighted by molar-refractivity contribution is 0.0967. The van der Waals surface area contributed by atoms with Gasteiger partial charge in [-0.25, -0.2) is 0 Å². The van der Waals surface area contributed by atoms with E-state index in [-0.39, 0.29) is 5.78 Å². The molecule has 0 unspecified atom stereocenters. The molecule has 2 nitrogen and oxygen atoms in total. The zero-order chi connectivity index (χ0) is 11.4. The maximum absolute atomic E-state index is 11.8.